The third kappa shape index (κ3) is 5.30. The topological polar surface area (TPSA) is 80.9 Å². The van der Waals surface area contributed by atoms with E-state index in [1.165, 1.54) is 31.3 Å². The standard InChI is InChI=1S/C28H44O4/c1-18(8-11-22(17-29)27(3,4)32)24-12-13-25-20(7-6-14-28(24,25)5)9-10-21-15-23(30)16-26(31)19(21)2/h8-11,18,22-26,29-32H,2,6-7,12-17H2,1,3-5H3/b11-8+,20-9+,21-10+/t18-,22-,23-,24-,25?,26+,28-/m1/s1. The predicted molar refractivity (Wildman–Crippen MR) is 130 cm³/mol. The quantitative estimate of drug-likeness (QED) is 0.448. The fraction of sp³-hybridized carbons (Fsp3) is 0.714. The van der Waals surface area contributed by atoms with Crippen LogP contribution < -0.4 is 0 Å². The average Bonchev–Trinajstić information content (AvgIpc) is 3.06. The van der Waals surface area contributed by atoms with E-state index in [1.54, 1.807) is 13.8 Å². The number of rotatable bonds is 6. The largest absolute Gasteiger partial charge is 0.396 e. The molecule has 0 aliphatic heterocycles. The zero-order valence-electron chi connectivity index (χ0n) is 20.4. The van der Waals surface area contributed by atoms with Gasteiger partial charge in [-0.05, 0) is 86.7 Å². The third-order valence-corrected chi connectivity index (χ3v) is 8.69. The second-order valence-corrected chi connectivity index (χ2v) is 11.4. The van der Waals surface area contributed by atoms with Gasteiger partial charge in [0.15, 0.2) is 0 Å². The molecule has 180 valence electrons. The maximum Gasteiger partial charge on any atom is 0.0811 e. The lowest BCUT2D eigenvalue weighted by Crippen LogP contribution is -2.36. The first-order valence-corrected chi connectivity index (χ1v) is 12.4. The highest BCUT2D eigenvalue weighted by molar-refractivity contribution is 5.38. The zero-order chi connectivity index (χ0) is 23.7. The summed E-state index contributed by atoms with van der Waals surface area (Å²) >= 11 is 0. The highest BCUT2D eigenvalue weighted by atomic mass is 16.3. The summed E-state index contributed by atoms with van der Waals surface area (Å²) in [6.07, 6.45) is 14.3. The number of hydrogen-bond acceptors (Lipinski definition) is 4. The van der Waals surface area contributed by atoms with Crippen molar-refractivity contribution in [2.24, 2.45) is 29.1 Å². The Balaban J connectivity index is 1.77. The zero-order valence-corrected chi connectivity index (χ0v) is 20.4. The third-order valence-electron chi connectivity index (χ3n) is 8.69. The second kappa shape index (κ2) is 9.97. The normalized spacial score (nSPS) is 38.4. The molecule has 0 radical (unpaired) electrons. The van der Waals surface area contributed by atoms with E-state index in [-0.39, 0.29) is 17.9 Å². The van der Waals surface area contributed by atoms with E-state index in [9.17, 15) is 20.4 Å². The molecule has 0 amide bonds. The highest BCUT2D eigenvalue weighted by Gasteiger charge is 2.50. The van der Waals surface area contributed by atoms with Gasteiger partial charge >= 0.3 is 0 Å². The summed E-state index contributed by atoms with van der Waals surface area (Å²) in [5.41, 5.74) is 2.55. The molecule has 32 heavy (non-hydrogen) atoms. The molecule has 4 nitrogen and oxygen atoms in total. The van der Waals surface area contributed by atoms with Gasteiger partial charge in [-0.25, -0.2) is 0 Å². The fourth-order valence-electron chi connectivity index (χ4n) is 6.57. The van der Waals surface area contributed by atoms with E-state index in [2.05, 4.69) is 38.7 Å². The summed E-state index contributed by atoms with van der Waals surface area (Å²) in [4.78, 5) is 0. The summed E-state index contributed by atoms with van der Waals surface area (Å²) in [7, 11) is 0. The van der Waals surface area contributed by atoms with Gasteiger partial charge in [0.05, 0.1) is 24.4 Å². The van der Waals surface area contributed by atoms with Crippen LogP contribution in [0.1, 0.15) is 72.6 Å². The highest BCUT2D eigenvalue weighted by Crippen LogP contribution is 2.59. The molecular weight excluding hydrogens is 400 g/mol. The summed E-state index contributed by atoms with van der Waals surface area (Å²) in [6.45, 7) is 12.2. The maximum absolute atomic E-state index is 10.3. The number of aliphatic hydroxyl groups is 4. The molecule has 0 aromatic carbocycles. The van der Waals surface area contributed by atoms with Crippen molar-refractivity contribution in [3.8, 4) is 0 Å². The van der Waals surface area contributed by atoms with E-state index < -0.39 is 17.8 Å². The lowest BCUT2D eigenvalue weighted by atomic mass is 9.61. The first-order chi connectivity index (χ1) is 15.0. The van der Waals surface area contributed by atoms with Crippen LogP contribution in [0.2, 0.25) is 0 Å². The van der Waals surface area contributed by atoms with Crippen LogP contribution in [0.3, 0.4) is 0 Å². The minimum atomic E-state index is -0.925. The summed E-state index contributed by atoms with van der Waals surface area (Å²) in [5.74, 6) is 1.28. The molecule has 4 heteroatoms. The van der Waals surface area contributed by atoms with Gasteiger partial charge < -0.3 is 20.4 Å². The van der Waals surface area contributed by atoms with Gasteiger partial charge in [-0.1, -0.05) is 50.3 Å². The molecule has 0 bridgehead atoms. The van der Waals surface area contributed by atoms with Gasteiger partial charge in [0.1, 0.15) is 0 Å². The SMILES string of the molecule is C=C1/C(=C/C=C2\CCC[C@@]3(C)C2CC[C@@H]3[C@H](C)/C=C/[C@H](CO)C(C)(C)O)C[C@@H](O)C[C@@H]1O. The minimum absolute atomic E-state index is 0.0481. The van der Waals surface area contributed by atoms with Gasteiger partial charge in [0.25, 0.3) is 0 Å². The van der Waals surface area contributed by atoms with Crippen LogP contribution in [0.5, 0.6) is 0 Å². The van der Waals surface area contributed by atoms with Crippen molar-refractivity contribution >= 4 is 0 Å². The summed E-state index contributed by atoms with van der Waals surface area (Å²) in [5, 5.41) is 40.1. The molecule has 0 spiro atoms. The van der Waals surface area contributed by atoms with Gasteiger partial charge in [-0.2, -0.15) is 0 Å². The van der Waals surface area contributed by atoms with E-state index in [0.29, 0.717) is 30.6 Å². The van der Waals surface area contributed by atoms with Crippen molar-refractivity contribution in [2.45, 2.75) is 90.4 Å². The van der Waals surface area contributed by atoms with Gasteiger partial charge in [0.2, 0.25) is 0 Å². The van der Waals surface area contributed by atoms with Crippen LogP contribution in [0.15, 0.2) is 47.6 Å². The molecule has 0 aromatic heterocycles. The van der Waals surface area contributed by atoms with Crippen LogP contribution in [0.4, 0.5) is 0 Å². The summed E-state index contributed by atoms with van der Waals surface area (Å²) < 4.78 is 0. The molecule has 0 heterocycles. The molecule has 0 aromatic rings. The van der Waals surface area contributed by atoms with Gasteiger partial charge in [-0.3, -0.25) is 0 Å². The molecule has 1 unspecified atom stereocenters. The van der Waals surface area contributed by atoms with Gasteiger partial charge in [0, 0.05) is 12.3 Å². The Morgan fingerprint density at radius 2 is 1.91 bits per heavy atom. The first-order valence-electron chi connectivity index (χ1n) is 12.4. The molecular formula is C28H44O4. The molecule has 0 saturated heterocycles. The van der Waals surface area contributed by atoms with Crippen LogP contribution in [0.25, 0.3) is 0 Å². The fourth-order valence-corrected chi connectivity index (χ4v) is 6.57. The monoisotopic (exact) mass is 444 g/mol. The van der Waals surface area contributed by atoms with Crippen molar-refractivity contribution in [3.63, 3.8) is 0 Å². The van der Waals surface area contributed by atoms with Crippen molar-refractivity contribution in [1.29, 1.82) is 0 Å². The Bertz CT molecular complexity index is 771. The molecule has 3 rings (SSSR count). The minimum Gasteiger partial charge on any atom is -0.396 e. The predicted octanol–water partition coefficient (Wildman–Crippen LogP) is 4.70. The van der Waals surface area contributed by atoms with Crippen molar-refractivity contribution in [3.05, 3.63) is 47.6 Å². The van der Waals surface area contributed by atoms with Crippen molar-refractivity contribution in [1.82, 2.24) is 0 Å². The summed E-state index contributed by atoms with van der Waals surface area (Å²) in [6, 6.07) is 0. The molecule has 7 atom stereocenters. The number of hydrogen-bond donors (Lipinski definition) is 4. The second-order valence-electron chi connectivity index (χ2n) is 11.4. The molecule has 3 saturated carbocycles. The maximum atomic E-state index is 10.3. The van der Waals surface area contributed by atoms with Gasteiger partial charge in [-0.15, -0.1) is 0 Å². The van der Waals surface area contributed by atoms with E-state index >= 15 is 0 Å². The van der Waals surface area contributed by atoms with Crippen LogP contribution >= 0.6 is 0 Å². The Hall–Kier alpha value is -1.20. The van der Waals surface area contributed by atoms with Crippen molar-refractivity contribution < 1.29 is 20.4 Å². The lowest BCUT2D eigenvalue weighted by Gasteiger charge is -2.44. The van der Waals surface area contributed by atoms with Crippen LogP contribution in [-0.4, -0.2) is 44.8 Å². The Morgan fingerprint density at radius 3 is 2.56 bits per heavy atom. The van der Waals surface area contributed by atoms with E-state index in [0.717, 1.165) is 17.6 Å². The molecule has 3 aliphatic rings. The van der Waals surface area contributed by atoms with Crippen LogP contribution in [-0.2, 0) is 0 Å². The van der Waals surface area contributed by atoms with Crippen molar-refractivity contribution in [2.75, 3.05) is 6.61 Å². The number of fused-ring (bicyclic) bond motifs is 1. The van der Waals surface area contributed by atoms with E-state index in [4.69, 9.17) is 0 Å². The van der Waals surface area contributed by atoms with Crippen LogP contribution in [0, 0.1) is 29.1 Å². The molecule has 3 aliphatic carbocycles. The molecule has 3 fully saturated rings. The Morgan fingerprint density at radius 1 is 1.19 bits per heavy atom. The average molecular weight is 445 g/mol. The Kier molecular flexibility index (Phi) is 7.92. The lowest BCUT2D eigenvalue weighted by molar-refractivity contribution is 0.0128. The number of allylic oxidation sites excluding steroid dienone is 4. The van der Waals surface area contributed by atoms with E-state index in [1.807, 2.05) is 6.08 Å². The number of aliphatic hydroxyl groups excluding tert-OH is 3. The molecule has 4 N–H and O–H groups in total. The Labute approximate surface area is 194 Å². The smallest absolute Gasteiger partial charge is 0.0811 e. The first kappa shape index (κ1) is 25.4.